The standard InChI is InChI=1S/C20H18N4/c1-16-12-14-17(15-13-16)20-21-23(18-8-4-2-5-9-18)24(22-20)19-10-6-3-7-11-19/h2-15H,1H3,(H,21,22). The van der Waals surface area contributed by atoms with Gasteiger partial charge in [0, 0.05) is 5.56 Å². The molecule has 4 heteroatoms. The molecule has 118 valence electrons. The highest BCUT2D eigenvalue weighted by atomic mass is 15.9. The number of benzene rings is 3. The van der Waals surface area contributed by atoms with Crippen LogP contribution >= 0.6 is 0 Å². The molecule has 0 unspecified atom stereocenters. The SMILES string of the molecule is Cc1ccc(C2=NN(c3ccccc3)N(c3ccccc3)N2)cc1. The molecular weight excluding hydrogens is 296 g/mol. The molecule has 1 aliphatic rings. The van der Waals surface area contributed by atoms with Crippen LogP contribution in [-0.4, -0.2) is 5.84 Å². The van der Waals surface area contributed by atoms with Gasteiger partial charge in [0.15, 0.2) is 5.84 Å². The Morgan fingerprint density at radius 2 is 1.29 bits per heavy atom. The second kappa shape index (κ2) is 6.08. The van der Waals surface area contributed by atoms with E-state index in [0.29, 0.717) is 0 Å². The fourth-order valence-electron chi connectivity index (χ4n) is 2.62. The van der Waals surface area contributed by atoms with Crippen molar-refractivity contribution < 1.29 is 0 Å². The first-order chi connectivity index (χ1) is 11.8. The monoisotopic (exact) mass is 314 g/mol. The second-order valence-corrected chi connectivity index (χ2v) is 5.70. The van der Waals surface area contributed by atoms with Crippen molar-refractivity contribution in [2.75, 3.05) is 10.2 Å². The second-order valence-electron chi connectivity index (χ2n) is 5.70. The molecule has 3 aromatic carbocycles. The quantitative estimate of drug-likeness (QED) is 0.789. The van der Waals surface area contributed by atoms with Gasteiger partial charge in [0.05, 0.1) is 11.4 Å². The summed E-state index contributed by atoms with van der Waals surface area (Å²) in [4.78, 5) is 0. The summed E-state index contributed by atoms with van der Waals surface area (Å²) in [6.07, 6.45) is 0. The largest absolute Gasteiger partial charge is 0.259 e. The number of hydrogen-bond donors (Lipinski definition) is 1. The van der Waals surface area contributed by atoms with E-state index in [-0.39, 0.29) is 0 Å². The Morgan fingerprint density at radius 1 is 0.708 bits per heavy atom. The number of nitrogens with one attached hydrogen (secondary N) is 1. The van der Waals surface area contributed by atoms with Gasteiger partial charge in [0.25, 0.3) is 0 Å². The molecule has 0 bridgehead atoms. The van der Waals surface area contributed by atoms with Gasteiger partial charge in [-0.3, -0.25) is 5.43 Å². The van der Waals surface area contributed by atoms with Crippen LogP contribution in [0.2, 0.25) is 0 Å². The summed E-state index contributed by atoms with van der Waals surface area (Å²) in [5, 5.41) is 8.61. The van der Waals surface area contributed by atoms with Crippen molar-refractivity contribution in [3.05, 3.63) is 96.1 Å². The molecule has 0 fully saturated rings. The third-order valence-electron chi connectivity index (χ3n) is 3.91. The number of amidine groups is 1. The number of nitrogens with zero attached hydrogens (tertiary/aromatic N) is 3. The summed E-state index contributed by atoms with van der Waals surface area (Å²) in [6, 6.07) is 28.6. The van der Waals surface area contributed by atoms with Crippen LogP contribution in [0.3, 0.4) is 0 Å². The van der Waals surface area contributed by atoms with Crippen LogP contribution < -0.4 is 15.7 Å². The van der Waals surface area contributed by atoms with E-state index < -0.39 is 0 Å². The van der Waals surface area contributed by atoms with Crippen LogP contribution in [0.15, 0.2) is 90.0 Å². The van der Waals surface area contributed by atoms with E-state index in [2.05, 4.69) is 48.7 Å². The molecule has 1 aliphatic heterocycles. The smallest absolute Gasteiger partial charge is 0.176 e. The first kappa shape index (κ1) is 14.3. The number of para-hydroxylation sites is 2. The van der Waals surface area contributed by atoms with Crippen LogP contribution in [0.1, 0.15) is 11.1 Å². The van der Waals surface area contributed by atoms with Gasteiger partial charge < -0.3 is 0 Å². The number of hydrazone groups is 1. The van der Waals surface area contributed by atoms with E-state index in [1.54, 1.807) is 0 Å². The van der Waals surface area contributed by atoms with Crippen LogP contribution in [0.4, 0.5) is 11.4 Å². The zero-order valence-corrected chi connectivity index (χ0v) is 13.4. The van der Waals surface area contributed by atoms with Gasteiger partial charge in [-0.1, -0.05) is 66.2 Å². The third kappa shape index (κ3) is 2.70. The Morgan fingerprint density at radius 3 is 1.92 bits per heavy atom. The molecule has 24 heavy (non-hydrogen) atoms. The lowest BCUT2D eigenvalue weighted by atomic mass is 10.1. The molecule has 1 N–H and O–H groups in total. The molecule has 0 atom stereocenters. The summed E-state index contributed by atoms with van der Waals surface area (Å²) in [5.41, 5.74) is 7.71. The number of rotatable bonds is 3. The highest BCUT2D eigenvalue weighted by Crippen LogP contribution is 2.25. The zero-order chi connectivity index (χ0) is 16.4. The van der Waals surface area contributed by atoms with Crippen molar-refractivity contribution in [3.63, 3.8) is 0 Å². The van der Waals surface area contributed by atoms with Crippen LogP contribution in [0, 0.1) is 6.92 Å². The van der Waals surface area contributed by atoms with Crippen LogP contribution in [0.5, 0.6) is 0 Å². The summed E-state index contributed by atoms with van der Waals surface area (Å²) < 4.78 is 0. The van der Waals surface area contributed by atoms with Crippen molar-refractivity contribution in [1.82, 2.24) is 5.43 Å². The van der Waals surface area contributed by atoms with Gasteiger partial charge in [-0.25, -0.2) is 0 Å². The summed E-state index contributed by atoms with van der Waals surface area (Å²) in [5.74, 6) is 0.822. The Bertz CT molecular complexity index is 842. The molecule has 0 amide bonds. The molecule has 1 heterocycles. The molecule has 3 aromatic rings. The van der Waals surface area contributed by atoms with Crippen LogP contribution in [0.25, 0.3) is 0 Å². The minimum atomic E-state index is 0.822. The highest BCUT2D eigenvalue weighted by Gasteiger charge is 2.25. The first-order valence-corrected chi connectivity index (χ1v) is 7.94. The van der Waals surface area contributed by atoms with Gasteiger partial charge >= 0.3 is 0 Å². The lowest BCUT2D eigenvalue weighted by Crippen LogP contribution is -2.44. The average molecular weight is 314 g/mol. The fourth-order valence-corrected chi connectivity index (χ4v) is 2.62. The lowest BCUT2D eigenvalue weighted by Gasteiger charge is -2.27. The third-order valence-corrected chi connectivity index (χ3v) is 3.91. The maximum absolute atomic E-state index is 4.78. The molecule has 4 rings (SSSR count). The van der Waals surface area contributed by atoms with Crippen molar-refractivity contribution in [3.8, 4) is 0 Å². The van der Waals surface area contributed by atoms with Crippen molar-refractivity contribution >= 4 is 17.2 Å². The van der Waals surface area contributed by atoms with Gasteiger partial charge in [0.1, 0.15) is 0 Å². The van der Waals surface area contributed by atoms with E-state index in [1.165, 1.54) is 5.56 Å². The van der Waals surface area contributed by atoms with Gasteiger partial charge in [-0.15, -0.1) is 5.10 Å². The van der Waals surface area contributed by atoms with Crippen molar-refractivity contribution in [2.45, 2.75) is 6.92 Å². The van der Waals surface area contributed by atoms with Gasteiger partial charge in [0.2, 0.25) is 0 Å². The summed E-state index contributed by atoms with van der Waals surface area (Å²) in [7, 11) is 0. The van der Waals surface area contributed by atoms with E-state index >= 15 is 0 Å². The van der Waals surface area contributed by atoms with E-state index in [4.69, 9.17) is 5.10 Å². The van der Waals surface area contributed by atoms with Crippen molar-refractivity contribution in [2.24, 2.45) is 5.10 Å². The minimum Gasteiger partial charge on any atom is -0.259 e. The summed E-state index contributed by atoms with van der Waals surface area (Å²) in [6.45, 7) is 2.08. The van der Waals surface area contributed by atoms with Gasteiger partial charge in [-0.2, -0.15) is 10.2 Å². The average Bonchev–Trinajstić information content (AvgIpc) is 3.09. The molecule has 4 nitrogen and oxygen atoms in total. The molecule has 0 aliphatic carbocycles. The topological polar surface area (TPSA) is 30.9 Å². The predicted molar refractivity (Wildman–Crippen MR) is 98.7 cm³/mol. The maximum Gasteiger partial charge on any atom is 0.176 e. The number of hydrazine groups is 2. The molecule has 0 radical (unpaired) electrons. The number of anilines is 2. The lowest BCUT2D eigenvalue weighted by molar-refractivity contribution is 0.771. The van der Waals surface area contributed by atoms with E-state index in [0.717, 1.165) is 22.8 Å². The summed E-state index contributed by atoms with van der Waals surface area (Å²) >= 11 is 0. The Balaban J connectivity index is 1.74. The number of hydrogen-bond acceptors (Lipinski definition) is 4. The predicted octanol–water partition coefficient (Wildman–Crippen LogP) is 4.10. The normalized spacial score (nSPS) is 13.6. The highest BCUT2D eigenvalue weighted by molar-refractivity contribution is 6.02. The van der Waals surface area contributed by atoms with E-state index in [1.807, 2.05) is 58.8 Å². The maximum atomic E-state index is 4.78. The van der Waals surface area contributed by atoms with Crippen LogP contribution in [-0.2, 0) is 0 Å². The Kier molecular flexibility index (Phi) is 3.63. The molecule has 0 saturated heterocycles. The Hall–Kier alpha value is -3.27. The van der Waals surface area contributed by atoms with Gasteiger partial charge in [-0.05, 0) is 31.2 Å². The van der Waals surface area contributed by atoms with E-state index in [9.17, 15) is 0 Å². The molecule has 0 saturated carbocycles. The fraction of sp³-hybridized carbons (Fsp3) is 0.0500. The molecular formula is C20H18N4. The molecule has 0 aromatic heterocycles. The Labute approximate surface area is 141 Å². The molecule has 0 spiro atoms. The first-order valence-electron chi connectivity index (χ1n) is 7.94. The zero-order valence-electron chi connectivity index (χ0n) is 13.4. The minimum absolute atomic E-state index is 0.822. The number of aryl methyl sites for hydroxylation is 1. The van der Waals surface area contributed by atoms with Crippen molar-refractivity contribution in [1.29, 1.82) is 0 Å².